The highest BCUT2D eigenvalue weighted by Crippen LogP contribution is 2.08. The third-order valence-electron chi connectivity index (χ3n) is 1.81. The minimum Gasteiger partial charge on any atom is -0.344 e. The lowest BCUT2D eigenvalue weighted by molar-refractivity contribution is -0.120. The van der Waals surface area contributed by atoms with E-state index in [-0.39, 0.29) is 5.91 Å². The molecule has 2 rings (SSSR count). The molecule has 0 aromatic carbocycles. The Labute approximate surface area is 96.2 Å². The molecule has 0 aliphatic carbocycles. The van der Waals surface area contributed by atoms with Gasteiger partial charge >= 0.3 is 0 Å². The van der Waals surface area contributed by atoms with Crippen molar-refractivity contribution < 1.29 is 4.79 Å². The normalized spacial score (nSPS) is 10.8. The topological polar surface area (TPSA) is 70.1 Å². The van der Waals surface area contributed by atoms with Crippen LogP contribution >= 0.6 is 11.3 Å². The molecule has 0 aliphatic heterocycles. The zero-order valence-corrected chi connectivity index (χ0v) is 9.20. The summed E-state index contributed by atoms with van der Waals surface area (Å²) in [5, 5.41) is 5.72. The van der Waals surface area contributed by atoms with Gasteiger partial charge in [-0.2, -0.15) is 5.10 Å². The molecule has 2 heterocycles. The number of H-pyrrole nitrogens is 1. The predicted molar refractivity (Wildman–Crippen MR) is 62.3 cm³/mol. The summed E-state index contributed by atoms with van der Waals surface area (Å²) >= 11 is 1.55. The monoisotopic (exact) mass is 234 g/mol. The fraction of sp³-hybridized carbons (Fsp3) is 0.100. The maximum atomic E-state index is 11.4. The molecule has 6 heteroatoms. The van der Waals surface area contributed by atoms with Crippen LogP contribution < -0.4 is 5.43 Å². The molecule has 0 spiro atoms. The molecule has 2 aromatic heterocycles. The van der Waals surface area contributed by atoms with Gasteiger partial charge < -0.3 is 4.98 Å². The van der Waals surface area contributed by atoms with Crippen LogP contribution in [0.5, 0.6) is 0 Å². The van der Waals surface area contributed by atoms with E-state index in [1.54, 1.807) is 23.7 Å². The van der Waals surface area contributed by atoms with Crippen molar-refractivity contribution >= 4 is 23.5 Å². The van der Waals surface area contributed by atoms with Crippen LogP contribution in [0.25, 0.3) is 0 Å². The average Bonchev–Trinajstić information content (AvgIpc) is 2.90. The lowest BCUT2D eigenvalue weighted by atomic mass is 10.3. The van der Waals surface area contributed by atoms with Gasteiger partial charge in [-0.1, -0.05) is 6.07 Å². The molecule has 0 radical (unpaired) electrons. The van der Waals surface area contributed by atoms with Gasteiger partial charge in [-0.3, -0.25) is 4.79 Å². The summed E-state index contributed by atoms with van der Waals surface area (Å²) in [4.78, 5) is 19.2. The van der Waals surface area contributed by atoms with Gasteiger partial charge in [0.1, 0.15) is 5.82 Å². The molecule has 0 fully saturated rings. The van der Waals surface area contributed by atoms with E-state index < -0.39 is 0 Å². The zero-order chi connectivity index (χ0) is 11.2. The molecule has 0 bridgehead atoms. The molecular formula is C10H10N4OS. The Hall–Kier alpha value is -1.95. The number of imidazole rings is 1. The van der Waals surface area contributed by atoms with E-state index in [1.807, 2.05) is 17.5 Å². The quantitative estimate of drug-likeness (QED) is 0.615. The molecule has 16 heavy (non-hydrogen) atoms. The van der Waals surface area contributed by atoms with Crippen LogP contribution in [0.1, 0.15) is 10.7 Å². The Balaban J connectivity index is 1.80. The van der Waals surface area contributed by atoms with E-state index in [9.17, 15) is 4.79 Å². The molecule has 0 aliphatic rings. The van der Waals surface area contributed by atoms with Crippen molar-refractivity contribution in [1.29, 1.82) is 0 Å². The van der Waals surface area contributed by atoms with Crippen LogP contribution in [0.2, 0.25) is 0 Å². The molecule has 5 nitrogen and oxygen atoms in total. The molecule has 0 unspecified atom stereocenters. The lowest BCUT2D eigenvalue weighted by Crippen LogP contribution is -2.19. The number of nitrogens with one attached hydrogen (secondary N) is 2. The van der Waals surface area contributed by atoms with Gasteiger partial charge in [0.2, 0.25) is 5.91 Å². The Kier molecular flexibility index (Phi) is 3.45. The van der Waals surface area contributed by atoms with Crippen LogP contribution in [-0.4, -0.2) is 22.1 Å². The van der Waals surface area contributed by atoms with Crippen molar-refractivity contribution in [3.8, 4) is 0 Å². The van der Waals surface area contributed by atoms with E-state index in [2.05, 4.69) is 20.5 Å². The van der Waals surface area contributed by atoms with Gasteiger partial charge in [0.15, 0.2) is 0 Å². The first-order chi connectivity index (χ1) is 7.84. The summed E-state index contributed by atoms with van der Waals surface area (Å²) < 4.78 is 0. The maximum Gasteiger partial charge on any atom is 0.245 e. The Morgan fingerprint density at radius 2 is 2.62 bits per heavy atom. The number of amides is 1. The van der Waals surface area contributed by atoms with E-state index in [0.717, 1.165) is 4.88 Å². The van der Waals surface area contributed by atoms with Crippen LogP contribution in [-0.2, 0) is 11.2 Å². The van der Waals surface area contributed by atoms with Crippen molar-refractivity contribution in [2.45, 2.75) is 6.42 Å². The van der Waals surface area contributed by atoms with Crippen LogP contribution in [0.3, 0.4) is 0 Å². The first-order valence-corrected chi connectivity index (χ1v) is 5.56. The number of thiophene rings is 1. The van der Waals surface area contributed by atoms with Crippen molar-refractivity contribution in [1.82, 2.24) is 15.4 Å². The van der Waals surface area contributed by atoms with Crippen molar-refractivity contribution in [3.05, 3.63) is 40.6 Å². The fourth-order valence-corrected chi connectivity index (χ4v) is 1.83. The molecule has 2 N–H and O–H groups in total. The number of carbonyl (C=O) groups is 1. The highest BCUT2D eigenvalue weighted by atomic mass is 32.1. The van der Waals surface area contributed by atoms with Crippen LogP contribution in [0.15, 0.2) is 35.0 Å². The number of hydrazone groups is 1. The number of aromatic nitrogens is 2. The van der Waals surface area contributed by atoms with E-state index in [1.165, 1.54) is 6.21 Å². The summed E-state index contributed by atoms with van der Waals surface area (Å²) in [6, 6.07) is 3.83. The molecule has 0 saturated carbocycles. The largest absolute Gasteiger partial charge is 0.344 e. The fourth-order valence-electron chi connectivity index (χ4n) is 1.12. The zero-order valence-electron chi connectivity index (χ0n) is 8.38. The molecule has 1 amide bonds. The Morgan fingerprint density at radius 3 is 3.31 bits per heavy atom. The second-order valence-corrected chi connectivity index (χ2v) is 4.06. The molecular weight excluding hydrogens is 224 g/mol. The number of hydrogen-bond donors (Lipinski definition) is 2. The van der Waals surface area contributed by atoms with Crippen molar-refractivity contribution in [3.63, 3.8) is 0 Å². The van der Waals surface area contributed by atoms with E-state index in [0.29, 0.717) is 12.2 Å². The summed E-state index contributed by atoms with van der Waals surface area (Å²) in [6.07, 6.45) is 5.13. The Bertz CT molecular complexity index is 461. The van der Waals surface area contributed by atoms with Crippen molar-refractivity contribution in [2.75, 3.05) is 0 Å². The standard InChI is InChI=1S/C10H10N4OS/c15-10(6-8-2-1-5-16-8)14-13-7-9-11-3-4-12-9/h1-5,7H,6H2,(H,11,12)(H,14,15)/b13-7+. The van der Waals surface area contributed by atoms with E-state index in [4.69, 9.17) is 0 Å². The molecule has 0 saturated heterocycles. The SMILES string of the molecule is O=C(Cc1cccs1)N/N=C/c1ncc[nH]1. The highest BCUT2D eigenvalue weighted by molar-refractivity contribution is 7.10. The van der Waals surface area contributed by atoms with Gasteiger partial charge in [-0.15, -0.1) is 11.3 Å². The van der Waals surface area contributed by atoms with Crippen molar-refractivity contribution in [2.24, 2.45) is 5.10 Å². The third-order valence-corrected chi connectivity index (χ3v) is 2.69. The van der Waals surface area contributed by atoms with Crippen LogP contribution in [0.4, 0.5) is 0 Å². The predicted octanol–water partition coefficient (Wildman–Crippen LogP) is 1.16. The summed E-state index contributed by atoms with van der Waals surface area (Å²) in [6.45, 7) is 0. The van der Waals surface area contributed by atoms with Crippen LogP contribution in [0, 0.1) is 0 Å². The number of nitrogens with zero attached hydrogens (tertiary/aromatic N) is 2. The molecule has 0 atom stereocenters. The average molecular weight is 234 g/mol. The number of aromatic amines is 1. The number of carbonyl (C=O) groups excluding carboxylic acids is 1. The van der Waals surface area contributed by atoms with Gasteiger partial charge in [-0.25, -0.2) is 10.4 Å². The van der Waals surface area contributed by atoms with Gasteiger partial charge in [-0.05, 0) is 11.4 Å². The Morgan fingerprint density at radius 1 is 1.69 bits per heavy atom. The number of rotatable bonds is 4. The minimum absolute atomic E-state index is 0.134. The second kappa shape index (κ2) is 5.22. The summed E-state index contributed by atoms with van der Waals surface area (Å²) in [7, 11) is 0. The van der Waals surface area contributed by atoms with Gasteiger partial charge in [0.05, 0.1) is 12.6 Å². The smallest absolute Gasteiger partial charge is 0.245 e. The molecule has 82 valence electrons. The third kappa shape index (κ3) is 3.03. The van der Waals surface area contributed by atoms with Gasteiger partial charge in [0, 0.05) is 17.3 Å². The summed E-state index contributed by atoms with van der Waals surface area (Å²) in [5.74, 6) is 0.474. The van der Waals surface area contributed by atoms with Gasteiger partial charge in [0.25, 0.3) is 0 Å². The number of hydrogen-bond acceptors (Lipinski definition) is 4. The molecule has 2 aromatic rings. The minimum atomic E-state index is -0.134. The maximum absolute atomic E-state index is 11.4. The first kappa shape index (κ1) is 10.6. The summed E-state index contributed by atoms with van der Waals surface area (Å²) in [5.41, 5.74) is 2.44. The second-order valence-electron chi connectivity index (χ2n) is 3.02. The lowest BCUT2D eigenvalue weighted by Gasteiger charge is -1.95. The highest BCUT2D eigenvalue weighted by Gasteiger charge is 2.01. The first-order valence-electron chi connectivity index (χ1n) is 4.68. The van der Waals surface area contributed by atoms with E-state index >= 15 is 0 Å².